The van der Waals surface area contributed by atoms with Gasteiger partial charge in [0.1, 0.15) is 16.3 Å². The summed E-state index contributed by atoms with van der Waals surface area (Å²) < 4.78 is 26.9. The smallest absolute Gasteiger partial charge is 0.270 e. The largest absolute Gasteiger partial charge is 0.364 e. The number of hydrogen-bond donors (Lipinski definition) is 2. The van der Waals surface area contributed by atoms with Gasteiger partial charge in [0.15, 0.2) is 0 Å². The Bertz CT molecular complexity index is 1310. The summed E-state index contributed by atoms with van der Waals surface area (Å²) in [4.78, 5) is 29.0. The molecular weight excluding hydrogens is 450 g/mol. The molecule has 0 aliphatic heterocycles. The molecule has 0 bridgehead atoms. The van der Waals surface area contributed by atoms with E-state index in [-0.39, 0.29) is 33.3 Å². The minimum atomic E-state index is -4.12. The molecule has 168 valence electrons. The zero-order valence-corrected chi connectivity index (χ0v) is 19.8. The first-order chi connectivity index (χ1) is 14.9. The van der Waals surface area contributed by atoms with Gasteiger partial charge in [-0.25, -0.2) is 8.42 Å². The van der Waals surface area contributed by atoms with E-state index in [1.807, 2.05) is 6.07 Å². The van der Waals surface area contributed by atoms with E-state index in [9.17, 15) is 18.0 Å². The van der Waals surface area contributed by atoms with E-state index in [1.54, 1.807) is 45.2 Å². The molecule has 0 radical (unpaired) electrons. The molecule has 7 nitrogen and oxygen atoms in total. The first-order valence-corrected chi connectivity index (χ1v) is 11.6. The lowest BCUT2D eigenvalue weighted by atomic mass is 10.2. The molecule has 32 heavy (non-hydrogen) atoms. The second-order valence-corrected chi connectivity index (χ2v) is 10.1. The molecule has 3 rings (SSSR count). The number of sulfone groups is 1. The van der Waals surface area contributed by atoms with Gasteiger partial charge in [-0.15, -0.1) is 0 Å². The average Bonchev–Trinajstić information content (AvgIpc) is 3.06. The van der Waals surface area contributed by atoms with E-state index >= 15 is 0 Å². The Morgan fingerprint density at radius 3 is 2.19 bits per heavy atom. The van der Waals surface area contributed by atoms with Gasteiger partial charge in [-0.3, -0.25) is 9.59 Å². The van der Waals surface area contributed by atoms with Crippen LogP contribution in [0.25, 0.3) is 0 Å². The molecule has 3 aromatic rings. The van der Waals surface area contributed by atoms with Gasteiger partial charge in [0.2, 0.25) is 9.84 Å². The molecular formula is C23H24ClN3O4S. The van der Waals surface area contributed by atoms with Crippen molar-refractivity contribution in [2.24, 2.45) is 5.73 Å². The van der Waals surface area contributed by atoms with Crippen molar-refractivity contribution in [1.82, 2.24) is 9.88 Å². The number of rotatable bonds is 6. The molecule has 9 heteroatoms. The third-order valence-electron chi connectivity index (χ3n) is 5.14. The first kappa shape index (κ1) is 23.6. The number of nitrogens with one attached hydrogen (secondary N) is 1. The Kier molecular flexibility index (Phi) is 6.48. The highest BCUT2D eigenvalue weighted by Crippen LogP contribution is 2.31. The van der Waals surface area contributed by atoms with Crippen LogP contribution < -0.4 is 5.73 Å². The number of primary amides is 1. The van der Waals surface area contributed by atoms with E-state index in [1.165, 1.54) is 24.0 Å². The fourth-order valence-corrected chi connectivity index (χ4v) is 5.69. The molecule has 0 aliphatic carbocycles. The van der Waals surface area contributed by atoms with Gasteiger partial charge in [-0.1, -0.05) is 35.9 Å². The van der Waals surface area contributed by atoms with Crippen molar-refractivity contribution in [3.05, 3.63) is 81.1 Å². The van der Waals surface area contributed by atoms with Crippen LogP contribution in [0.1, 0.15) is 43.2 Å². The number of hydrogen-bond acceptors (Lipinski definition) is 4. The van der Waals surface area contributed by atoms with Gasteiger partial charge in [0.05, 0.1) is 4.90 Å². The van der Waals surface area contributed by atoms with Crippen molar-refractivity contribution in [3.8, 4) is 0 Å². The maximum Gasteiger partial charge on any atom is 0.270 e. The number of halogens is 1. The Labute approximate surface area is 192 Å². The van der Waals surface area contributed by atoms with Gasteiger partial charge in [-0.05, 0) is 61.2 Å². The second-order valence-electron chi connectivity index (χ2n) is 7.77. The SMILES string of the molecule is Cc1cc(C)cc(S(=O)(=O)c2c(C(N)=O)[nH]c(C(=O)N(C)Cc3ccccc3Cl)c2C)c1. The summed E-state index contributed by atoms with van der Waals surface area (Å²) in [5, 5.41) is 0.506. The van der Waals surface area contributed by atoms with E-state index in [0.29, 0.717) is 5.02 Å². The van der Waals surface area contributed by atoms with E-state index in [4.69, 9.17) is 17.3 Å². The third-order valence-corrected chi connectivity index (χ3v) is 7.41. The van der Waals surface area contributed by atoms with Crippen molar-refractivity contribution >= 4 is 33.3 Å². The molecule has 0 unspecified atom stereocenters. The predicted molar refractivity (Wildman–Crippen MR) is 123 cm³/mol. The Balaban J connectivity index is 2.09. The minimum absolute atomic E-state index is 0.0173. The second kappa shape index (κ2) is 8.80. The van der Waals surface area contributed by atoms with Crippen molar-refractivity contribution in [2.45, 2.75) is 37.1 Å². The number of nitrogens with zero attached hydrogens (tertiary/aromatic N) is 1. The highest BCUT2D eigenvalue weighted by molar-refractivity contribution is 7.91. The van der Waals surface area contributed by atoms with Gasteiger partial charge >= 0.3 is 0 Å². The van der Waals surface area contributed by atoms with Crippen LogP contribution in [0.3, 0.4) is 0 Å². The normalized spacial score (nSPS) is 11.4. The third kappa shape index (κ3) is 4.42. The summed E-state index contributed by atoms with van der Waals surface area (Å²) >= 11 is 6.19. The van der Waals surface area contributed by atoms with Crippen molar-refractivity contribution in [1.29, 1.82) is 0 Å². The summed E-state index contributed by atoms with van der Waals surface area (Å²) in [7, 11) is -2.55. The molecule has 0 aliphatic rings. The lowest BCUT2D eigenvalue weighted by Gasteiger charge is -2.18. The van der Waals surface area contributed by atoms with Crippen LogP contribution in [0.2, 0.25) is 5.02 Å². The standard InChI is InChI=1S/C23H24ClN3O4S/c1-13-9-14(2)11-17(10-13)32(30,31)21-15(3)19(26-20(21)22(25)28)23(29)27(4)12-16-7-5-6-8-18(16)24/h5-11,26H,12H2,1-4H3,(H2,25,28). The lowest BCUT2D eigenvalue weighted by Crippen LogP contribution is -2.27. The zero-order valence-electron chi connectivity index (χ0n) is 18.2. The molecule has 0 saturated heterocycles. The number of aromatic nitrogens is 1. The van der Waals surface area contributed by atoms with Crippen molar-refractivity contribution < 1.29 is 18.0 Å². The molecule has 0 atom stereocenters. The number of amides is 2. The van der Waals surface area contributed by atoms with Gasteiger partial charge in [-0.2, -0.15) is 0 Å². The van der Waals surface area contributed by atoms with Crippen LogP contribution in [-0.4, -0.2) is 37.2 Å². The van der Waals surface area contributed by atoms with Crippen LogP contribution in [0.5, 0.6) is 0 Å². The van der Waals surface area contributed by atoms with Crippen LogP contribution >= 0.6 is 11.6 Å². The summed E-state index contributed by atoms with van der Waals surface area (Å²) in [5.41, 5.74) is 7.51. The van der Waals surface area contributed by atoms with E-state index < -0.39 is 21.7 Å². The lowest BCUT2D eigenvalue weighted by molar-refractivity contribution is 0.0779. The summed E-state index contributed by atoms with van der Waals surface area (Å²) in [5.74, 6) is -1.46. The maximum atomic E-state index is 13.5. The quantitative estimate of drug-likeness (QED) is 0.566. The molecule has 1 heterocycles. The van der Waals surface area contributed by atoms with Gasteiger partial charge in [0, 0.05) is 18.6 Å². The maximum absolute atomic E-state index is 13.5. The van der Waals surface area contributed by atoms with Crippen LogP contribution in [0, 0.1) is 20.8 Å². The summed E-state index contributed by atoms with van der Waals surface area (Å²) in [6, 6.07) is 12.0. The van der Waals surface area contributed by atoms with Crippen molar-refractivity contribution in [2.75, 3.05) is 7.05 Å². The fourth-order valence-electron chi connectivity index (χ4n) is 3.65. The Hall–Kier alpha value is -3.10. The number of benzene rings is 2. The molecule has 2 aromatic carbocycles. The highest BCUT2D eigenvalue weighted by atomic mass is 35.5. The number of aromatic amines is 1. The molecule has 1 aromatic heterocycles. The number of aryl methyl sites for hydroxylation is 2. The van der Waals surface area contributed by atoms with E-state index in [0.717, 1.165) is 16.7 Å². The molecule has 0 fully saturated rings. The predicted octanol–water partition coefficient (Wildman–Crippen LogP) is 3.80. The summed E-state index contributed by atoms with van der Waals surface area (Å²) in [6.07, 6.45) is 0. The van der Waals surface area contributed by atoms with Crippen molar-refractivity contribution in [3.63, 3.8) is 0 Å². The van der Waals surface area contributed by atoms with E-state index in [2.05, 4.69) is 4.98 Å². The van der Waals surface area contributed by atoms with Crippen LogP contribution in [0.4, 0.5) is 0 Å². The Morgan fingerprint density at radius 1 is 1.03 bits per heavy atom. The van der Waals surface area contributed by atoms with Crippen LogP contribution in [0.15, 0.2) is 52.3 Å². The number of carbonyl (C=O) groups is 2. The zero-order chi connectivity index (χ0) is 23.8. The molecule has 0 spiro atoms. The topological polar surface area (TPSA) is 113 Å². The fraction of sp³-hybridized carbons (Fsp3) is 0.217. The molecule has 3 N–H and O–H groups in total. The minimum Gasteiger partial charge on any atom is -0.364 e. The van der Waals surface area contributed by atoms with Crippen LogP contribution in [-0.2, 0) is 16.4 Å². The van der Waals surface area contributed by atoms with Gasteiger partial charge in [0.25, 0.3) is 11.8 Å². The number of nitrogens with two attached hydrogens (primary N) is 1. The molecule has 2 amide bonds. The monoisotopic (exact) mass is 473 g/mol. The van der Waals surface area contributed by atoms with Gasteiger partial charge < -0.3 is 15.6 Å². The Morgan fingerprint density at radius 2 is 1.62 bits per heavy atom. The molecule has 0 saturated carbocycles. The number of H-pyrrole nitrogens is 1. The average molecular weight is 474 g/mol. The highest BCUT2D eigenvalue weighted by Gasteiger charge is 2.33. The summed E-state index contributed by atoms with van der Waals surface area (Å²) in [6.45, 7) is 5.24. The number of carbonyl (C=O) groups excluding carboxylic acids is 2. The first-order valence-electron chi connectivity index (χ1n) is 9.78.